The highest BCUT2D eigenvalue weighted by Crippen LogP contribution is 2.19. The van der Waals surface area contributed by atoms with E-state index in [-0.39, 0.29) is 5.75 Å². The molecule has 0 unspecified atom stereocenters. The minimum Gasteiger partial charge on any atom is -0.399 e. The van der Waals surface area contributed by atoms with E-state index < -0.39 is 10.0 Å². The van der Waals surface area contributed by atoms with Crippen LogP contribution in [0.3, 0.4) is 0 Å². The molecule has 0 amide bonds. The fourth-order valence-electron chi connectivity index (χ4n) is 1.30. The van der Waals surface area contributed by atoms with Gasteiger partial charge in [-0.1, -0.05) is 0 Å². The molecule has 0 atom stereocenters. The molecule has 1 aromatic carbocycles. The molecule has 0 spiro atoms. The van der Waals surface area contributed by atoms with Crippen molar-refractivity contribution in [1.82, 2.24) is 4.72 Å². The van der Waals surface area contributed by atoms with Gasteiger partial charge in [-0.25, -0.2) is 13.1 Å². The number of anilines is 1. The Labute approximate surface area is 119 Å². The molecule has 1 rings (SSSR count). The van der Waals surface area contributed by atoms with E-state index in [0.29, 0.717) is 24.4 Å². The third-order valence-electron chi connectivity index (χ3n) is 2.25. The Kier molecular flexibility index (Phi) is 6.78. The molecule has 0 saturated heterocycles. The molecule has 19 heavy (non-hydrogen) atoms. The van der Waals surface area contributed by atoms with Crippen molar-refractivity contribution in [2.45, 2.75) is 18.2 Å². The van der Waals surface area contributed by atoms with Gasteiger partial charge in [-0.2, -0.15) is 0 Å². The van der Waals surface area contributed by atoms with Crippen LogP contribution in [-0.2, 0) is 10.0 Å². The standard InChI is InChI=1S/C13H18N2O2S2/c1-2-3-4-9-15-19(16,17)11-10-18-13-7-5-12(14)6-8-13/h5-8,15H,4,9-11,14H2,1H3. The smallest absolute Gasteiger partial charge is 0.212 e. The molecular formula is C13H18N2O2S2. The minimum absolute atomic E-state index is 0.0988. The summed E-state index contributed by atoms with van der Waals surface area (Å²) in [5.41, 5.74) is 6.28. The maximum atomic E-state index is 11.6. The van der Waals surface area contributed by atoms with Crippen LogP contribution in [0.2, 0.25) is 0 Å². The highest BCUT2D eigenvalue weighted by atomic mass is 32.2. The predicted molar refractivity (Wildman–Crippen MR) is 81.4 cm³/mol. The van der Waals surface area contributed by atoms with Gasteiger partial charge in [0.25, 0.3) is 0 Å². The Balaban J connectivity index is 2.30. The quantitative estimate of drug-likeness (QED) is 0.348. The van der Waals surface area contributed by atoms with Crippen molar-refractivity contribution in [3.8, 4) is 11.8 Å². The first-order valence-corrected chi connectivity index (χ1v) is 8.52. The van der Waals surface area contributed by atoms with Crippen molar-refractivity contribution < 1.29 is 8.42 Å². The van der Waals surface area contributed by atoms with Crippen LogP contribution in [0.5, 0.6) is 0 Å². The Bertz CT molecular complexity index is 542. The second-order valence-corrected chi connectivity index (χ2v) is 6.90. The Morgan fingerprint density at radius 3 is 2.63 bits per heavy atom. The van der Waals surface area contributed by atoms with E-state index in [1.165, 1.54) is 11.8 Å². The van der Waals surface area contributed by atoms with Crippen LogP contribution in [0.15, 0.2) is 29.2 Å². The number of sulfonamides is 1. The first-order chi connectivity index (χ1) is 9.03. The Morgan fingerprint density at radius 1 is 1.32 bits per heavy atom. The molecule has 0 fully saturated rings. The van der Waals surface area contributed by atoms with Gasteiger partial charge in [-0.05, 0) is 31.2 Å². The number of nitrogens with one attached hydrogen (secondary N) is 1. The zero-order valence-corrected chi connectivity index (χ0v) is 12.5. The lowest BCUT2D eigenvalue weighted by Crippen LogP contribution is -2.28. The van der Waals surface area contributed by atoms with E-state index in [9.17, 15) is 8.42 Å². The number of benzene rings is 1. The fourth-order valence-corrected chi connectivity index (χ4v) is 3.63. The maximum Gasteiger partial charge on any atom is 0.212 e. The van der Waals surface area contributed by atoms with Crippen molar-refractivity contribution in [1.29, 1.82) is 0 Å². The summed E-state index contributed by atoms with van der Waals surface area (Å²) in [6, 6.07) is 7.38. The fraction of sp³-hybridized carbons (Fsp3) is 0.385. The lowest BCUT2D eigenvalue weighted by atomic mass is 10.3. The first kappa shape index (κ1) is 15.9. The number of thioether (sulfide) groups is 1. The van der Waals surface area contributed by atoms with Gasteiger partial charge >= 0.3 is 0 Å². The van der Waals surface area contributed by atoms with Crippen molar-refractivity contribution in [3.63, 3.8) is 0 Å². The zero-order valence-electron chi connectivity index (χ0n) is 10.8. The van der Waals surface area contributed by atoms with E-state index in [1.807, 2.05) is 12.1 Å². The molecule has 0 aliphatic carbocycles. The number of rotatable bonds is 7. The molecular weight excluding hydrogens is 280 g/mol. The second kappa shape index (κ2) is 8.10. The van der Waals surface area contributed by atoms with E-state index in [4.69, 9.17) is 5.73 Å². The van der Waals surface area contributed by atoms with Gasteiger partial charge in [0, 0.05) is 29.3 Å². The minimum atomic E-state index is -3.20. The highest BCUT2D eigenvalue weighted by Gasteiger charge is 2.08. The summed E-state index contributed by atoms with van der Waals surface area (Å²) in [7, 11) is -3.20. The molecule has 3 N–H and O–H groups in total. The monoisotopic (exact) mass is 298 g/mol. The largest absolute Gasteiger partial charge is 0.399 e. The Hall–Kier alpha value is -1.16. The average Bonchev–Trinajstić information content (AvgIpc) is 2.37. The summed E-state index contributed by atoms with van der Waals surface area (Å²) in [6.07, 6.45) is 0.542. The molecule has 4 nitrogen and oxygen atoms in total. The van der Waals surface area contributed by atoms with Crippen molar-refractivity contribution >= 4 is 27.5 Å². The Morgan fingerprint density at radius 2 is 2.00 bits per heavy atom. The van der Waals surface area contributed by atoms with Crippen molar-refractivity contribution in [2.75, 3.05) is 23.8 Å². The molecule has 0 heterocycles. The number of hydrogen-bond donors (Lipinski definition) is 2. The van der Waals surface area contributed by atoms with Crippen LogP contribution < -0.4 is 10.5 Å². The lowest BCUT2D eigenvalue weighted by molar-refractivity contribution is 0.584. The number of nitrogens with two attached hydrogens (primary N) is 1. The molecule has 0 bridgehead atoms. The maximum absolute atomic E-state index is 11.6. The van der Waals surface area contributed by atoms with Crippen molar-refractivity contribution in [2.24, 2.45) is 0 Å². The molecule has 0 aromatic heterocycles. The van der Waals surface area contributed by atoms with E-state index in [1.54, 1.807) is 19.1 Å². The third-order valence-corrected chi connectivity index (χ3v) is 4.91. The van der Waals surface area contributed by atoms with E-state index in [2.05, 4.69) is 16.6 Å². The normalized spacial score (nSPS) is 10.8. The average molecular weight is 298 g/mol. The van der Waals surface area contributed by atoms with Crippen LogP contribution >= 0.6 is 11.8 Å². The number of nitrogen functional groups attached to an aromatic ring is 1. The van der Waals surface area contributed by atoms with Gasteiger partial charge in [0.05, 0.1) is 5.75 Å². The molecule has 0 saturated carbocycles. The van der Waals surface area contributed by atoms with Crippen LogP contribution in [0, 0.1) is 11.8 Å². The summed E-state index contributed by atoms with van der Waals surface area (Å²) in [4.78, 5) is 1.02. The van der Waals surface area contributed by atoms with Gasteiger partial charge in [-0.15, -0.1) is 23.6 Å². The molecule has 104 valence electrons. The summed E-state index contributed by atoms with van der Waals surface area (Å²) in [5, 5.41) is 0. The van der Waals surface area contributed by atoms with Gasteiger partial charge in [0.2, 0.25) is 10.0 Å². The van der Waals surface area contributed by atoms with E-state index in [0.717, 1.165) is 4.90 Å². The zero-order chi connectivity index (χ0) is 14.1. The highest BCUT2D eigenvalue weighted by molar-refractivity contribution is 8.00. The van der Waals surface area contributed by atoms with Crippen LogP contribution in [-0.4, -0.2) is 26.5 Å². The summed E-state index contributed by atoms with van der Waals surface area (Å²) < 4.78 is 25.8. The van der Waals surface area contributed by atoms with Crippen LogP contribution in [0.1, 0.15) is 13.3 Å². The lowest BCUT2D eigenvalue weighted by Gasteiger charge is -2.05. The summed E-state index contributed by atoms with van der Waals surface area (Å²) in [6.45, 7) is 2.10. The molecule has 0 aliphatic heterocycles. The van der Waals surface area contributed by atoms with Gasteiger partial charge in [-0.3, -0.25) is 0 Å². The topological polar surface area (TPSA) is 72.2 Å². The van der Waals surface area contributed by atoms with Crippen molar-refractivity contribution in [3.05, 3.63) is 24.3 Å². The van der Waals surface area contributed by atoms with Gasteiger partial charge in [0.15, 0.2) is 0 Å². The molecule has 0 aliphatic rings. The number of hydrogen-bond acceptors (Lipinski definition) is 4. The van der Waals surface area contributed by atoms with Gasteiger partial charge < -0.3 is 5.73 Å². The van der Waals surface area contributed by atoms with Gasteiger partial charge in [0.1, 0.15) is 0 Å². The summed E-state index contributed by atoms with van der Waals surface area (Å²) in [5.74, 6) is 6.15. The summed E-state index contributed by atoms with van der Waals surface area (Å²) >= 11 is 1.50. The van der Waals surface area contributed by atoms with Crippen LogP contribution in [0.25, 0.3) is 0 Å². The molecule has 1 aromatic rings. The van der Waals surface area contributed by atoms with Crippen LogP contribution in [0.4, 0.5) is 5.69 Å². The third kappa shape index (κ3) is 7.11. The molecule has 6 heteroatoms. The second-order valence-electron chi connectivity index (χ2n) is 3.81. The molecule has 0 radical (unpaired) electrons. The predicted octanol–water partition coefficient (Wildman–Crippen LogP) is 1.69. The van der Waals surface area contributed by atoms with E-state index >= 15 is 0 Å². The first-order valence-electron chi connectivity index (χ1n) is 5.89. The SMILES string of the molecule is CC#CCCNS(=O)(=O)CCSc1ccc(N)cc1.